The highest BCUT2D eigenvalue weighted by molar-refractivity contribution is 6.36. The zero-order chi connectivity index (χ0) is 25.1. The van der Waals surface area contributed by atoms with E-state index >= 15 is 0 Å². The van der Waals surface area contributed by atoms with Gasteiger partial charge in [-0.25, -0.2) is 0 Å². The molecular formula is C27H32Cl2N4O2. The van der Waals surface area contributed by atoms with Crippen molar-refractivity contribution < 1.29 is 9.32 Å². The minimum Gasteiger partial charge on any atom is -0.349 e. The van der Waals surface area contributed by atoms with Gasteiger partial charge in [0.05, 0.1) is 17.6 Å². The van der Waals surface area contributed by atoms with E-state index in [-0.39, 0.29) is 17.9 Å². The van der Waals surface area contributed by atoms with Crippen molar-refractivity contribution in [2.75, 3.05) is 13.1 Å². The first-order chi connectivity index (χ1) is 16.7. The van der Waals surface area contributed by atoms with Crippen molar-refractivity contribution in [2.45, 2.75) is 53.1 Å². The molecule has 6 nitrogen and oxygen atoms in total. The van der Waals surface area contributed by atoms with E-state index in [4.69, 9.17) is 27.7 Å². The molecule has 2 heterocycles. The second-order valence-corrected chi connectivity index (χ2v) is 10.6. The van der Waals surface area contributed by atoms with E-state index < -0.39 is 0 Å². The molecule has 186 valence electrons. The average molecular weight is 515 g/mol. The zero-order valence-corrected chi connectivity index (χ0v) is 22.2. The molecular weight excluding hydrogens is 483 g/mol. The van der Waals surface area contributed by atoms with Gasteiger partial charge >= 0.3 is 0 Å². The molecule has 0 radical (unpaired) electrons. The number of carbonyl (C=O) groups is 1. The van der Waals surface area contributed by atoms with Crippen LogP contribution >= 0.6 is 23.2 Å². The summed E-state index contributed by atoms with van der Waals surface area (Å²) in [5.74, 6) is 1.43. The lowest BCUT2D eigenvalue weighted by molar-refractivity contribution is -0.127. The van der Waals surface area contributed by atoms with Crippen molar-refractivity contribution >= 4 is 29.1 Å². The molecule has 1 aliphatic rings. The number of aryl methyl sites for hydroxylation is 2. The molecule has 1 fully saturated rings. The summed E-state index contributed by atoms with van der Waals surface area (Å²) in [7, 11) is 0. The topological polar surface area (TPSA) is 71.3 Å². The largest absolute Gasteiger partial charge is 0.349 e. The molecule has 0 saturated carbocycles. The monoisotopic (exact) mass is 514 g/mol. The van der Waals surface area contributed by atoms with E-state index in [1.165, 1.54) is 16.7 Å². The van der Waals surface area contributed by atoms with Crippen LogP contribution in [0.4, 0.5) is 0 Å². The van der Waals surface area contributed by atoms with Crippen molar-refractivity contribution in [3.8, 4) is 11.4 Å². The Hall–Kier alpha value is -2.41. The summed E-state index contributed by atoms with van der Waals surface area (Å²) in [4.78, 5) is 19.9. The number of likely N-dealkylation sites (tertiary alicyclic amines) is 1. The summed E-state index contributed by atoms with van der Waals surface area (Å²) in [6.45, 7) is 10.7. The first-order valence-electron chi connectivity index (χ1n) is 12.1. The van der Waals surface area contributed by atoms with Gasteiger partial charge in [0.2, 0.25) is 17.6 Å². The number of benzene rings is 2. The van der Waals surface area contributed by atoms with E-state index in [0.717, 1.165) is 25.9 Å². The number of halogens is 2. The average Bonchev–Trinajstić information content (AvgIpc) is 3.26. The molecule has 1 saturated heterocycles. The fourth-order valence-corrected chi connectivity index (χ4v) is 5.19. The summed E-state index contributed by atoms with van der Waals surface area (Å²) in [5.41, 5.74) is 4.34. The Morgan fingerprint density at radius 3 is 2.54 bits per heavy atom. The number of nitrogens with zero attached hydrogens (tertiary/aromatic N) is 3. The van der Waals surface area contributed by atoms with Crippen LogP contribution in [0.25, 0.3) is 11.4 Å². The minimum atomic E-state index is 0.00405. The summed E-state index contributed by atoms with van der Waals surface area (Å²) < 4.78 is 5.46. The first-order valence-corrected chi connectivity index (χ1v) is 12.8. The summed E-state index contributed by atoms with van der Waals surface area (Å²) in [5, 5.41) is 8.45. The van der Waals surface area contributed by atoms with E-state index in [0.29, 0.717) is 39.8 Å². The number of carbonyl (C=O) groups excluding carboxylic acids is 1. The Labute approximate surface area is 217 Å². The Morgan fingerprint density at radius 2 is 1.89 bits per heavy atom. The third-order valence-corrected chi connectivity index (χ3v) is 7.23. The van der Waals surface area contributed by atoms with Crippen LogP contribution in [0, 0.1) is 25.7 Å². The van der Waals surface area contributed by atoms with Crippen molar-refractivity contribution in [1.29, 1.82) is 0 Å². The molecule has 0 bridgehead atoms. The maximum absolute atomic E-state index is 13.2. The molecule has 4 rings (SSSR count). The van der Waals surface area contributed by atoms with Crippen LogP contribution in [0.5, 0.6) is 0 Å². The predicted octanol–water partition coefficient (Wildman–Crippen LogP) is 6.39. The molecule has 35 heavy (non-hydrogen) atoms. The van der Waals surface area contributed by atoms with E-state index in [1.54, 1.807) is 18.2 Å². The van der Waals surface area contributed by atoms with Crippen LogP contribution in [0.15, 0.2) is 40.9 Å². The fraction of sp³-hybridized carbons (Fsp3) is 0.444. The normalized spacial score (nSPS) is 16.0. The first kappa shape index (κ1) is 25.7. The van der Waals surface area contributed by atoms with Crippen LogP contribution in [-0.2, 0) is 11.3 Å². The third-order valence-electron chi connectivity index (χ3n) is 6.68. The van der Waals surface area contributed by atoms with Crippen molar-refractivity contribution in [3.63, 3.8) is 0 Å². The van der Waals surface area contributed by atoms with Gasteiger partial charge in [0.1, 0.15) is 0 Å². The van der Waals surface area contributed by atoms with Gasteiger partial charge in [-0.3, -0.25) is 9.69 Å². The van der Waals surface area contributed by atoms with Gasteiger partial charge in [0.25, 0.3) is 0 Å². The summed E-state index contributed by atoms with van der Waals surface area (Å²) in [6, 6.07) is 11.6. The van der Waals surface area contributed by atoms with Crippen molar-refractivity contribution in [1.82, 2.24) is 20.4 Å². The van der Waals surface area contributed by atoms with Gasteiger partial charge in [0, 0.05) is 16.5 Å². The molecule has 0 aliphatic carbocycles. The number of nitrogens with one attached hydrogen (secondary N) is 1. The molecule has 1 unspecified atom stereocenters. The maximum Gasteiger partial charge on any atom is 0.241 e. The fourth-order valence-electron chi connectivity index (χ4n) is 4.69. The zero-order valence-electron chi connectivity index (χ0n) is 20.6. The Bertz CT molecular complexity index is 1190. The van der Waals surface area contributed by atoms with Crippen molar-refractivity contribution in [2.24, 2.45) is 11.8 Å². The minimum absolute atomic E-state index is 0.00405. The maximum atomic E-state index is 13.2. The molecule has 3 aromatic rings. The highest BCUT2D eigenvalue weighted by Gasteiger charge is 2.29. The van der Waals surface area contributed by atoms with E-state index in [2.05, 4.69) is 66.3 Å². The number of hydrogen-bond acceptors (Lipinski definition) is 5. The molecule has 0 spiro atoms. The molecule has 1 atom stereocenters. The van der Waals surface area contributed by atoms with Crippen LogP contribution in [0.3, 0.4) is 0 Å². The van der Waals surface area contributed by atoms with Crippen LogP contribution in [0.2, 0.25) is 10.0 Å². The molecule has 1 aliphatic heterocycles. The van der Waals surface area contributed by atoms with Crippen LogP contribution in [0.1, 0.15) is 55.3 Å². The third kappa shape index (κ3) is 6.24. The number of aromatic nitrogens is 2. The van der Waals surface area contributed by atoms with Gasteiger partial charge in [-0.05, 0) is 75.0 Å². The second-order valence-electron chi connectivity index (χ2n) is 9.78. The van der Waals surface area contributed by atoms with Gasteiger partial charge < -0.3 is 9.84 Å². The van der Waals surface area contributed by atoms with Crippen LogP contribution in [-0.4, -0.2) is 34.0 Å². The van der Waals surface area contributed by atoms with Crippen LogP contribution < -0.4 is 5.32 Å². The van der Waals surface area contributed by atoms with E-state index in [1.807, 2.05) is 0 Å². The summed E-state index contributed by atoms with van der Waals surface area (Å²) in [6.07, 6.45) is 1.60. The quantitative estimate of drug-likeness (QED) is 0.395. The van der Waals surface area contributed by atoms with E-state index in [9.17, 15) is 4.79 Å². The van der Waals surface area contributed by atoms with Gasteiger partial charge in [-0.15, -0.1) is 0 Å². The predicted molar refractivity (Wildman–Crippen MR) is 139 cm³/mol. The number of piperidine rings is 1. The number of hydrogen-bond donors (Lipinski definition) is 1. The Balaban J connectivity index is 1.33. The van der Waals surface area contributed by atoms with Crippen molar-refractivity contribution in [3.05, 3.63) is 69.0 Å². The lowest BCUT2D eigenvalue weighted by Gasteiger charge is -2.32. The highest BCUT2D eigenvalue weighted by atomic mass is 35.5. The molecule has 1 amide bonds. The highest BCUT2D eigenvalue weighted by Crippen LogP contribution is 2.30. The lowest BCUT2D eigenvalue weighted by Crippen LogP contribution is -2.42. The number of rotatable bonds is 7. The second kappa shape index (κ2) is 11.1. The van der Waals surface area contributed by atoms with Gasteiger partial charge in [0.15, 0.2) is 0 Å². The van der Waals surface area contributed by atoms with Gasteiger partial charge in [-0.2, -0.15) is 4.98 Å². The Kier molecular flexibility index (Phi) is 8.15. The molecule has 8 heteroatoms. The molecule has 1 N–H and O–H groups in total. The SMILES string of the molecule is Cc1ccc(C(NC(=O)C2CCN(Cc3nc(-c4ccc(Cl)cc4Cl)no3)CC2)C(C)C)c(C)c1. The number of amides is 1. The smallest absolute Gasteiger partial charge is 0.241 e. The molecule has 1 aromatic heterocycles. The Morgan fingerprint density at radius 1 is 1.14 bits per heavy atom. The lowest BCUT2D eigenvalue weighted by atomic mass is 9.90. The molecule has 2 aromatic carbocycles. The summed E-state index contributed by atoms with van der Waals surface area (Å²) >= 11 is 12.2. The standard InChI is InChI=1S/C27H32Cl2N4O2/c1-16(2)25(21-7-5-17(3)13-18(21)4)31-27(34)19-9-11-33(12-10-19)15-24-30-26(32-35-24)22-8-6-20(28)14-23(22)29/h5-8,13-14,16,19,25H,9-12,15H2,1-4H3,(H,31,34). The van der Waals surface area contributed by atoms with Gasteiger partial charge in [-0.1, -0.05) is 66.0 Å².